The molecule has 1 saturated carbocycles. The van der Waals surface area contributed by atoms with Gasteiger partial charge in [0.2, 0.25) is 0 Å². The first-order chi connectivity index (χ1) is 9.54. The zero-order valence-corrected chi connectivity index (χ0v) is 14.5. The molecule has 2 rings (SSSR count). The molecule has 0 heterocycles. The monoisotopic (exact) mass is 289 g/mol. The molecular weight excluding hydrogens is 258 g/mol. The van der Waals surface area contributed by atoms with Crippen LogP contribution in [0.2, 0.25) is 0 Å². The van der Waals surface area contributed by atoms with Gasteiger partial charge >= 0.3 is 0 Å². The van der Waals surface area contributed by atoms with Crippen LogP contribution in [0.15, 0.2) is 18.2 Å². The third-order valence-electron chi connectivity index (χ3n) is 4.60. The van der Waals surface area contributed by atoms with Gasteiger partial charge in [-0.3, -0.25) is 0 Å². The van der Waals surface area contributed by atoms with E-state index >= 15 is 0 Å². The summed E-state index contributed by atoms with van der Waals surface area (Å²) < 4.78 is 5.54. The minimum atomic E-state index is -0.147. The van der Waals surface area contributed by atoms with Crippen molar-refractivity contribution in [3.05, 3.63) is 29.3 Å². The Kier molecular flexibility index (Phi) is 4.14. The van der Waals surface area contributed by atoms with Crippen LogP contribution in [0.3, 0.4) is 0 Å². The molecule has 0 saturated heterocycles. The Hall–Kier alpha value is -1.02. The molecule has 21 heavy (non-hydrogen) atoms. The average Bonchev–Trinajstić information content (AvgIpc) is 2.23. The van der Waals surface area contributed by atoms with Gasteiger partial charge in [0, 0.05) is 5.54 Å². The SMILES string of the molecule is COc1ccc(C)cc1CC1(N)CC(C)(C)CC(C)(C)C1. The van der Waals surface area contributed by atoms with Crippen molar-refractivity contribution >= 4 is 0 Å². The molecule has 0 amide bonds. The fraction of sp³-hybridized carbons (Fsp3) is 0.684. The first kappa shape index (κ1) is 16.4. The van der Waals surface area contributed by atoms with E-state index in [2.05, 4.69) is 52.8 Å². The van der Waals surface area contributed by atoms with Gasteiger partial charge in [0.1, 0.15) is 5.75 Å². The molecule has 0 atom stereocenters. The normalized spacial score (nSPS) is 22.8. The molecule has 2 N–H and O–H groups in total. The van der Waals surface area contributed by atoms with Crippen molar-refractivity contribution in [2.24, 2.45) is 16.6 Å². The number of hydrogen-bond donors (Lipinski definition) is 1. The van der Waals surface area contributed by atoms with Crippen LogP contribution in [-0.4, -0.2) is 12.6 Å². The van der Waals surface area contributed by atoms with Crippen molar-refractivity contribution in [1.29, 1.82) is 0 Å². The Morgan fingerprint density at radius 3 is 2.14 bits per heavy atom. The number of methoxy groups -OCH3 is 1. The largest absolute Gasteiger partial charge is 0.496 e. The van der Waals surface area contributed by atoms with E-state index in [1.807, 2.05) is 0 Å². The van der Waals surface area contributed by atoms with Crippen molar-refractivity contribution in [3.8, 4) is 5.75 Å². The molecule has 118 valence electrons. The number of hydrogen-bond acceptors (Lipinski definition) is 2. The molecule has 1 fully saturated rings. The summed E-state index contributed by atoms with van der Waals surface area (Å²) in [6.07, 6.45) is 4.27. The lowest BCUT2D eigenvalue weighted by Gasteiger charge is -2.50. The molecule has 2 heteroatoms. The Balaban J connectivity index is 2.31. The van der Waals surface area contributed by atoms with Gasteiger partial charge < -0.3 is 10.5 Å². The van der Waals surface area contributed by atoms with Crippen LogP contribution in [0.1, 0.15) is 58.1 Å². The summed E-state index contributed by atoms with van der Waals surface area (Å²) in [5, 5.41) is 0. The third kappa shape index (κ3) is 4.00. The van der Waals surface area contributed by atoms with Gasteiger partial charge in [-0.15, -0.1) is 0 Å². The first-order valence-electron chi connectivity index (χ1n) is 7.97. The summed E-state index contributed by atoms with van der Waals surface area (Å²) in [6, 6.07) is 6.38. The molecule has 1 aliphatic rings. The predicted octanol–water partition coefficient (Wildman–Crippen LogP) is 4.48. The number of nitrogens with two attached hydrogens (primary N) is 1. The highest BCUT2D eigenvalue weighted by molar-refractivity contribution is 5.38. The molecule has 1 aromatic rings. The maximum atomic E-state index is 6.86. The van der Waals surface area contributed by atoms with E-state index in [4.69, 9.17) is 10.5 Å². The summed E-state index contributed by atoms with van der Waals surface area (Å²) in [5.41, 5.74) is 9.82. The van der Waals surface area contributed by atoms with Gasteiger partial charge in [0.25, 0.3) is 0 Å². The highest BCUT2D eigenvalue weighted by Gasteiger charge is 2.45. The molecule has 0 aromatic heterocycles. The zero-order chi connectivity index (χ0) is 15.9. The van der Waals surface area contributed by atoms with Crippen molar-refractivity contribution in [3.63, 3.8) is 0 Å². The van der Waals surface area contributed by atoms with E-state index in [9.17, 15) is 0 Å². The van der Waals surface area contributed by atoms with Crippen LogP contribution < -0.4 is 10.5 Å². The van der Waals surface area contributed by atoms with Gasteiger partial charge in [-0.25, -0.2) is 0 Å². The van der Waals surface area contributed by atoms with E-state index in [0.717, 1.165) is 25.0 Å². The fourth-order valence-electron chi connectivity index (χ4n) is 4.94. The molecule has 0 unspecified atom stereocenters. The standard InChI is InChI=1S/C19H31NO/c1-14-7-8-16(21-6)15(9-14)10-19(20)12-17(2,3)11-18(4,5)13-19/h7-9H,10-13,20H2,1-6H3. The summed E-state index contributed by atoms with van der Waals surface area (Å²) in [7, 11) is 1.74. The number of aryl methyl sites for hydroxylation is 1. The average molecular weight is 289 g/mol. The fourth-order valence-corrected chi connectivity index (χ4v) is 4.94. The van der Waals surface area contributed by atoms with Crippen LogP contribution in [0, 0.1) is 17.8 Å². The Morgan fingerprint density at radius 2 is 1.62 bits per heavy atom. The molecule has 2 nitrogen and oxygen atoms in total. The molecule has 0 aliphatic heterocycles. The lowest BCUT2D eigenvalue weighted by Crippen LogP contribution is -2.53. The maximum Gasteiger partial charge on any atom is 0.122 e. The zero-order valence-electron chi connectivity index (χ0n) is 14.5. The Bertz CT molecular complexity index is 500. The van der Waals surface area contributed by atoms with Gasteiger partial charge in [0.15, 0.2) is 0 Å². The van der Waals surface area contributed by atoms with Crippen molar-refractivity contribution in [1.82, 2.24) is 0 Å². The van der Waals surface area contributed by atoms with E-state index in [0.29, 0.717) is 10.8 Å². The van der Waals surface area contributed by atoms with Gasteiger partial charge in [-0.1, -0.05) is 45.4 Å². The van der Waals surface area contributed by atoms with E-state index in [1.54, 1.807) is 7.11 Å². The third-order valence-corrected chi connectivity index (χ3v) is 4.60. The van der Waals surface area contributed by atoms with Gasteiger partial charge in [-0.05, 0) is 55.1 Å². The molecule has 1 aromatic carbocycles. The topological polar surface area (TPSA) is 35.2 Å². The quantitative estimate of drug-likeness (QED) is 0.890. The van der Waals surface area contributed by atoms with Crippen molar-refractivity contribution in [2.45, 2.75) is 65.8 Å². The van der Waals surface area contributed by atoms with Crippen molar-refractivity contribution < 1.29 is 4.74 Å². The molecule has 0 bridgehead atoms. The lowest BCUT2D eigenvalue weighted by atomic mass is 9.57. The Labute approximate surface area is 130 Å². The minimum absolute atomic E-state index is 0.147. The first-order valence-corrected chi connectivity index (χ1v) is 7.97. The lowest BCUT2D eigenvalue weighted by molar-refractivity contribution is 0.0484. The second-order valence-electron chi connectivity index (χ2n) is 8.71. The number of benzene rings is 1. The van der Waals surface area contributed by atoms with Gasteiger partial charge in [0.05, 0.1) is 7.11 Å². The number of rotatable bonds is 3. The highest BCUT2D eigenvalue weighted by atomic mass is 16.5. The summed E-state index contributed by atoms with van der Waals surface area (Å²) in [4.78, 5) is 0. The smallest absolute Gasteiger partial charge is 0.122 e. The molecular formula is C19H31NO. The molecule has 1 aliphatic carbocycles. The summed E-state index contributed by atoms with van der Waals surface area (Å²) in [6.45, 7) is 11.5. The highest BCUT2D eigenvalue weighted by Crippen LogP contribution is 2.50. The van der Waals surface area contributed by atoms with E-state index < -0.39 is 0 Å². The molecule has 0 spiro atoms. The maximum absolute atomic E-state index is 6.86. The van der Waals surface area contributed by atoms with Crippen LogP contribution in [0.4, 0.5) is 0 Å². The predicted molar refractivity (Wildman–Crippen MR) is 89.8 cm³/mol. The second-order valence-corrected chi connectivity index (χ2v) is 8.71. The van der Waals surface area contributed by atoms with E-state index in [1.165, 1.54) is 17.5 Å². The minimum Gasteiger partial charge on any atom is -0.496 e. The molecule has 0 radical (unpaired) electrons. The Morgan fingerprint density at radius 1 is 1.05 bits per heavy atom. The van der Waals surface area contributed by atoms with Crippen LogP contribution in [0.25, 0.3) is 0 Å². The van der Waals surface area contributed by atoms with Crippen LogP contribution in [-0.2, 0) is 6.42 Å². The van der Waals surface area contributed by atoms with Crippen molar-refractivity contribution in [2.75, 3.05) is 7.11 Å². The second kappa shape index (κ2) is 5.31. The van der Waals surface area contributed by atoms with Crippen LogP contribution >= 0.6 is 0 Å². The summed E-state index contributed by atoms with van der Waals surface area (Å²) >= 11 is 0. The summed E-state index contributed by atoms with van der Waals surface area (Å²) in [5.74, 6) is 0.964. The van der Waals surface area contributed by atoms with E-state index in [-0.39, 0.29) is 5.54 Å². The van der Waals surface area contributed by atoms with Gasteiger partial charge in [-0.2, -0.15) is 0 Å². The van der Waals surface area contributed by atoms with Crippen LogP contribution in [0.5, 0.6) is 5.75 Å². The number of ether oxygens (including phenoxy) is 1.